The summed E-state index contributed by atoms with van der Waals surface area (Å²) in [6, 6.07) is 16.3. The molecule has 0 radical (unpaired) electrons. The molecule has 2 aromatic carbocycles. The van der Waals surface area contributed by atoms with Crippen molar-refractivity contribution in [2.45, 2.75) is 32.4 Å². The number of fused-ring (bicyclic) bond motifs is 1. The van der Waals surface area contributed by atoms with E-state index in [1.165, 1.54) is 35.8 Å². The van der Waals surface area contributed by atoms with Gasteiger partial charge in [-0.15, -0.1) is 0 Å². The normalized spacial score (nSPS) is 23.7. The quantitative estimate of drug-likeness (QED) is 0.845. The van der Waals surface area contributed by atoms with Crippen molar-refractivity contribution >= 4 is 10.8 Å². The molecule has 1 saturated heterocycles. The van der Waals surface area contributed by atoms with Crippen molar-refractivity contribution in [3.8, 4) is 0 Å². The Kier molecular flexibility index (Phi) is 5.54. The average molecular weight is 326 g/mol. The fraction of sp³-hybridized carbons (Fsp3) is 0.524. The Labute approximate surface area is 146 Å². The second-order valence-corrected chi connectivity index (χ2v) is 7.50. The lowest BCUT2D eigenvalue weighted by atomic mass is 9.93. The SMILES string of the molecule is CC1CN(C)CCC1N(C)CN[C@@H](C)c1cccc2ccccc12. The molecule has 2 aromatic rings. The lowest BCUT2D eigenvalue weighted by Gasteiger charge is -2.40. The number of rotatable bonds is 5. The number of benzene rings is 2. The van der Waals surface area contributed by atoms with E-state index in [1.807, 2.05) is 0 Å². The van der Waals surface area contributed by atoms with Crippen LogP contribution in [0.2, 0.25) is 0 Å². The first kappa shape index (κ1) is 17.4. The van der Waals surface area contributed by atoms with Crippen LogP contribution in [0.15, 0.2) is 42.5 Å². The van der Waals surface area contributed by atoms with E-state index in [9.17, 15) is 0 Å². The van der Waals surface area contributed by atoms with Crippen LogP contribution in [0, 0.1) is 5.92 Å². The number of hydrogen-bond donors (Lipinski definition) is 1. The van der Waals surface area contributed by atoms with E-state index in [-0.39, 0.29) is 0 Å². The van der Waals surface area contributed by atoms with Gasteiger partial charge in [-0.05, 0) is 56.2 Å². The van der Waals surface area contributed by atoms with Crippen molar-refractivity contribution in [2.24, 2.45) is 5.92 Å². The molecular formula is C21H31N3. The zero-order valence-corrected chi connectivity index (χ0v) is 15.5. The van der Waals surface area contributed by atoms with Gasteiger partial charge < -0.3 is 4.90 Å². The monoisotopic (exact) mass is 325 g/mol. The molecule has 3 nitrogen and oxygen atoms in total. The number of nitrogens with zero attached hydrogens (tertiary/aromatic N) is 2. The Morgan fingerprint density at radius 3 is 2.75 bits per heavy atom. The van der Waals surface area contributed by atoms with E-state index in [0.29, 0.717) is 12.1 Å². The number of nitrogens with one attached hydrogen (secondary N) is 1. The highest BCUT2D eigenvalue weighted by molar-refractivity contribution is 5.86. The predicted molar refractivity (Wildman–Crippen MR) is 103 cm³/mol. The zero-order valence-electron chi connectivity index (χ0n) is 15.5. The van der Waals surface area contributed by atoms with Crippen LogP contribution < -0.4 is 5.32 Å². The lowest BCUT2D eigenvalue weighted by Crippen LogP contribution is -2.50. The summed E-state index contributed by atoms with van der Waals surface area (Å²) in [6.07, 6.45) is 1.26. The van der Waals surface area contributed by atoms with Gasteiger partial charge in [-0.25, -0.2) is 0 Å². The third-order valence-electron chi connectivity index (χ3n) is 5.57. The molecule has 1 N–H and O–H groups in total. The summed E-state index contributed by atoms with van der Waals surface area (Å²) in [6.45, 7) is 7.99. The molecule has 0 saturated carbocycles. The van der Waals surface area contributed by atoms with Crippen molar-refractivity contribution in [2.75, 3.05) is 33.9 Å². The Balaban J connectivity index is 1.63. The Morgan fingerprint density at radius 1 is 1.21 bits per heavy atom. The van der Waals surface area contributed by atoms with Crippen molar-refractivity contribution in [3.05, 3.63) is 48.0 Å². The van der Waals surface area contributed by atoms with Crippen molar-refractivity contribution in [3.63, 3.8) is 0 Å². The van der Waals surface area contributed by atoms with E-state index >= 15 is 0 Å². The van der Waals surface area contributed by atoms with Crippen molar-refractivity contribution < 1.29 is 0 Å². The van der Waals surface area contributed by atoms with E-state index in [1.54, 1.807) is 0 Å². The molecule has 1 fully saturated rings. The van der Waals surface area contributed by atoms with Crippen LogP contribution in [0.3, 0.4) is 0 Å². The van der Waals surface area contributed by atoms with E-state index in [2.05, 4.69) is 85.5 Å². The van der Waals surface area contributed by atoms with Crippen LogP contribution in [-0.4, -0.2) is 49.7 Å². The minimum atomic E-state index is 0.347. The van der Waals surface area contributed by atoms with Gasteiger partial charge in [0.2, 0.25) is 0 Å². The molecule has 2 unspecified atom stereocenters. The van der Waals surface area contributed by atoms with Gasteiger partial charge in [0, 0.05) is 25.3 Å². The highest BCUT2D eigenvalue weighted by Gasteiger charge is 2.27. The summed E-state index contributed by atoms with van der Waals surface area (Å²) in [5.41, 5.74) is 1.39. The molecular weight excluding hydrogens is 294 g/mol. The number of likely N-dealkylation sites (tertiary alicyclic amines) is 1. The second kappa shape index (κ2) is 7.64. The highest BCUT2D eigenvalue weighted by atomic mass is 15.2. The van der Waals surface area contributed by atoms with Crippen molar-refractivity contribution in [1.82, 2.24) is 15.1 Å². The molecule has 1 heterocycles. The van der Waals surface area contributed by atoms with Gasteiger partial charge in [-0.3, -0.25) is 10.2 Å². The third kappa shape index (κ3) is 3.80. The molecule has 0 amide bonds. The summed E-state index contributed by atoms with van der Waals surface area (Å²) in [5, 5.41) is 6.41. The van der Waals surface area contributed by atoms with Gasteiger partial charge in [0.15, 0.2) is 0 Å². The Morgan fingerprint density at radius 2 is 1.96 bits per heavy atom. The molecule has 0 aromatic heterocycles. The van der Waals surface area contributed by atoms with Crippen molar-refractivity contribution in [1.29, 1.82) is 0 Å². The van der Waals surface area contributed by atoms with Crippen LogP contribution in [0.5, 0.6) is 0 Å². The minimum Gasteiger partial charge on any atom is -0.306 e. The molecule has 130 valence electrons. The first-order chi connectivity index (χ1) is 11.6. The fourth-order valence-electron chi connectivity index (χ4n) is 4.13. The average Bonchev–Trinajstić information content (AvgIpc) is 2.59. The van der Waals surface area contributed by atoms with E-state index < -0.39 is 0 Å². The molecule has 3 atom stereocenters. The van der Waals surface area contributed by atoms with E-state index in [0.717, 1.165) is 12.6 Å². The van der Waals surface area contributed by atoms with Gasteiger partial charge in [0.05, 0.1) is 0 Å². The Hall–Kier alpha value is -1.42. The van der Waals surface area contributed by atoms with Gasteiger partial charge >= 0.3 is 0 Å². The summed E-state index contributed by atoms with van der Waals surface area (Å²) >= 11 is 0. The van der Waals surface area contributed by atoms with Crippen LogP contribution >= 0.6 is 0 Å². The molecule has 0 bridgehead atoms. The summed E-state index contributed by atoms with van der Waals surface area (Å²) in [4.78, 5) is 4.94. The van der Waals surface area contributed by atoms with Gasteiger partial charge in [-0.2, -0.15) is 0 Å². The zero-order chi connectivity index (χ0) is 17.1. The van der Waals surface area contributed by atoms with Crippen LogP contribution in [0.4, 0.5) is 0 Å². The molecule has 0 spiro atoms. The molecule has 0 aliphatic carbocycles. The van der Waals surface area contributed by atoms with Crippen LogP contribution in [0.25, 0.3) is 10.8 Å². The lowest BCUT2D eigenvalue weighted by molar-refractivity contribution is 0.0862. The first-order valence-corrected chi connectivity index (χ1v) is 9.16. The van der Waals surface area contributed by atoms with Gasteiger partial charge in [0.1, 0.15) is 0 Å². The molecule has 1 aliphatic rings. The summed E-state index contributed by atoms with van der Waals surface area (Å²) < 4.78 is 0. The number of piperidine rings is 1. The smallest absolute Gasteiger partial charge is 0.0485 e. The highest BCUT2D eigenvalue weighted by Crippen LogP contribution is 2.24. The summed E-state index contributed by atoms with van der Waals surface area (Å²) in [5.74, 6) is 0.725. The largest absolute Gasteiger partial charge is 0.306 e. The van der Waals surface area contributed by atoms with Crippen LogP contribution in [0.1, 0.15) is 31.9 Å². The second-order valence-electron chi connectivity index (χ2n) is 7.50. The molecule has 24 heavy (non-hydrogen) atoms. The molecule has 3 heteroatoms. The van der Waals surface area contributed by atoms with Crippen LogP contribution in [-0.2, 0) is 0 Å². The third-order valence-corrected chi connectivity index (χ3v) is 5.57. The van der Waals surface area contributed by atoms with Gasteiger partial charge in [0.25, 0.3) is 0 Å². The first-order valence-electron chi connectivity index (χ1n) is 9.16. The Bertz CT molecular complexity index is 664. The molecule has 1 aliphatic heterocycles. The maximum absolute atomic E-state index is 3.73. The maximum atomic E-state index is 3.73. The van der Waals surface area contributed by atoms with Gasteiger partial charge in [-0.1, -0.05) is 49.4 Å². The fourth-order valence-corrected chi connectivity index (χ4v) is 4.13. The van der Waals surface area contributed by atoms with E-state index in [4.69, 9.17) is 0 Å². The maximum Gasteiger partial charge on any atom is 0.0485 e. The minimum absolute atomic E-state index is 0.347. The summed E-state index contributed by atoms with van der Waals surface area (Å²) in [7, 11) is 4.49. The molecule has 3 rings (SSSR count). The standard InChI is InChI=1S/C21H31N3/c1-16-14-23(3)13-12-21(16)24(4)15-22-17(2)19-11-7-9-18-8-5-6-10-20(18)19/h5-11,16-17,21-22H,12-15H2,1-4H3/t16?,17-,21?/m0/s1. The number of hydrogen-bond acceptors (Lipinski definition) is 3. The topological polar surface area (TPSA) is 18.5 Å². The predicted octanol–water partition coefficient (Wildman–Crippen LogP) is 3.72.